The van der Waals surface area contributed by atoms with E-state index in [1.165, 1.54) is 61.2 Å². The molecule has 0 spiro atoms. The fourth-order valence-electron chi connectivity index (χ4n) is 7.68. The second-order valence-electron chi connectivity index (χ2n) is 15.1. The molecule has 0 saturated heterocycles. The van der Waals surface area contributed by atoms with Crippen LogP contribution in [0.3, 0.4) is 0 Å². The van der Waals surface area contributed by atoms with E-state index >= 15 is 0 Å². The van der Waals surface area contributed by atoms with E-state index in [4.69, 9.17) is 4.98 Å². The van der Waals surface area contributed by atoms with Crippen LogP contribution in [-0.4, -0.2) is 15.9 Å². The Morgan fingerprint density at radius 2 is 1.51 bits per heavy atom. The molecule has 0 aliphatic heterocycles. The predicted molar refractivity (Wildman–Crippen MR) is 208 cm³/mol. The largest absolute Gasteiger partial charge is 0.512 e. The molecule has 0 saturated carbocycles. The first-order chi connectivity index (χ1) is 22.8. The predicted octanol–water partition coefficient (Wildman–Crippen LogP) is 12.9. The number of aromatic nitrogens is 1. The molecule has 1 aliphatic carbocycles. The summed E-state index contributed by atoms with van der Waals surface area (Å²) in [5.74, 6) is 0.547. The number of allylic oxidation sites excluding steroid dienone is 2. The van der Waals surface area contributed by atoms with Gasteiger partial charge in [0.2, 0.25) is 0 Å². The molecule has 6 rings (SSSR count). The molecular formula is C44H54IrNO2S-. The van der Waals surface area contributed by atoms with E-state index in [1.54, 1.807) is 5.56 Å². The summed E-state index contributed by atoms with van der Waals surface area (Å²) in [7, 11) is 0. The summed E-state index contributed by atoms with van der Waals surface area (Å²) in [6.07, 6.45) is 9.35. The molecule has 5 heteroatoms. The van der Waals surface area contributed by atoms with Crippen molar-refractivity contribution in [2.24, 2.45) is 11.8 Å². The van der Waals surface area contributed by atoms with Gasteiger partial charge < -0.3 is 5.11 Å². The van der Waals surface area contributed by atoms with Gasteiger partial charge >= 0.3 is 0 Å². The Balaban J connectivity index is 0.000000290. The Morgan fingerprint density at radius 3 is 2.16 bits per heavy atom. The van der Waals surface area contributed by atoms with Crippen molar-refractivity contribution in [2.45, 2.75) is 119 Å². The third kappa shape index (κ3) is 7.60. The third-order valence-corrected chi connectivity index (χ3v) is 12.2. The maximum Gasteiger partial charge on any atom is 0.162 e. The number of pyridine rings is 1. The average Bonchev–Trinajstić information content (AvgIpc) is 3.45. The molecule has 2 aromatic heterocycles. The van der Waals surface area contributed by atoms with Crippen molar-refractivity contribution in [1.29, 1.82) is 0 Å². The van der Waals surface area contributed by atoms with Crippen LogP contribution in [0.1, 0.15) is 116 Å². The minimum atomic E-state index is 0. The van der Waals surface area contributed by atoms with E-state index in [1.807, 2.05) is 45.2 Å². The third-order valence-electron chi connectivity index (χ3n) is 11.0. The number of ketones is 1. The molecule has 0 atom stereocenters. The number of hydrogen-bond donors (Lipinski definition) is 1. The first kappa shape index (κ1) is 38.9. The zero-order chi connectivity index (χ0) is 35.0. The summed E-state index contributed by atoms with van der Waals surface area (Å²) in [5, 5.41) is 14.9. The zero-order valence-electron chi connectivity index (χ0n) is 31.1. The van der Waals surface area contributed by atoms with Crippen LogP contribution >= 0.6 is 11.3 Å². The van der Waals surface area contributed by atoms with Crippen LogP contribution < -0.4 is 0 Å². The van der Waals surface area contributed by atoms with Gasteiger partial charge in [-0.15, -0.1) is 40.5 Å². The fourth-order valence-corrected chi connectivity index (χ4v) is 9.28. The van der Waals surface area contributed by atoms with Crippen molar-refractivity contribution in [1.82, 2.24) is 4.98 Å². The van der Waals surface area contributed by atoms with Gasteiger partial charge in [-0.3, -0.25) is 9.78 Å². The summed E-state index contributed by atoms with van der Waals surface area (Å²) < 4.78 is 2.75. The molecule has 0 amide bonds. The van der Waals surface area contributed by atoms with Gasteiger partial charge in [-0.1, -0.05) is 97.5 Å². The van der Waals surface area contributed by atoms with E-state index in [2.05, 4.69) is 90.1 Å². The van der Waals surface area contributed by atoms with Gasteiger partial charge in [0.1, 0.15) is 0 Å². The van der Waals surface area contributed by atoms with E-state index < -0.39 is 0 Å². The van der Waals surface area contributed by atoms with Gasteiger partial charge in [0.15, 0.2) is 5.78 Å². The van der Waals surface area contributed by atoms with Gasteiger partial charge in [-0.25, -0.2) is 0 Å². The molecule has 5 aromatic rings. The number of aliphatic hydroxyl groups is 1. The Bertz CT molecular complexity index is 1990. The number of nitrogens with zero attached hydrogens (tertiary/aromatic N) is 1. The van der Waals surface area contributed by atoms with E-state index in [-0.39, 0.29) is 54.3 Å². The van der Waals surface area contributed by atoms with Crippen LogP contribution in [-0.2, 0) is 35.7 Å². The van der Waals surface area contributed by atoms with E-state index in [9.17, 15) is 9.90 Å². The van der Waals surface area contributed by atoms with Crippen molar-refractivity contribution in [3.05, 3.63) is 88.8 Å². The van der Waals surface area contributed by atoms with Gasteiger partial charge in [0, 0.05) is 64.7 Å². The molecule has 3 nitrogen and oxygen atoms in total. The van der Waals surface area contributed by atoms with Crippen molar-refractivity contribution in [3.8, 4) is 11.3 Å². The van der Waals surface area contributed by atoms with Crippen LogP contribution in [0.15, 0.2) is 60.5 Å². The minimum absolute atomic E-state index is 0. The smallest absolute Gasteiger partial charge is 0.162 e. The minimum Gasteiger partial charge on any atom is -0.512 e. The number of fused-ring (bicyclic) bond motifs is 6. The molecule has 1 N–H and O–H groups in total. The van der Waals surface area contributed by atoms with Crippen LogP contribution in [0.4, 0.5) is 0 Å². The van der Waals surface area contributed by atoms with Gasteiger partial charge in [-0.05, 0) is 84.4 Å². The zero-order valence-corrected chi connectivity index (χ0v) is 34.3. The molecular weight excluding hydrogens is 799 g/mol. The molecule has 3 aromatic carbocycles. The van der Waals surface area contributed by atoms with Crippen molar-refractivity contribution in [3.63, 3.8) is 0 Å². The van der Waals surface area contributed by atoms with Crippen molar-refractivity contribution in [2.75, 3.05) is 0 Å². The van der Waals surface area contributed by atoms with E-state index in [0.29, 0.717) is 0 Å². The number of thiophene rings is 1. The van der Waals surface area contributed by atoms with Gasteiger partial charge in [0.25, 0.3) is 0 Å². The van der Waals surface area contributed by atoms with Crippen molar-refractivity contribution < 1.29 is 30.0 Å². The SMILES string of the molecule is CCC(CC)C(=O)/C=C(\O)C(CC)CC.Cc1cc(-c2nccc3c2sc2c4c(cc(C)c23)C(C)(C)CCC4(C)C)[c-]c2ccccc12.[Ir]. The summed E-state index contributed by atoms with van der Waals surface area (Å²) in [4.78, 5) is 16.6. The summed E-state index contributed by atoms with van der Waals surface area (Å²) in [6, 6.07) is 19.1. The molecule has 263 valence electrons. The van der Waals surface area contributed by atoms with Crippen LogP contribution in [0.5, 0.6) is 0 Å². The average molecular weight is 853 g/mol. The normalized spacial score (nSPS) is 15.3. The standard InChI is InChI=1S/C31H30NS.C13H24O2.Ir/c1-18-15-21(17-20-9-7-8-10-22(18)20)27-28-23(11-14-32-27)25-19(2)16-24-26(29(25)33-28)31(5,6)13-12-30(24,3)4;1-5-10(6-2)12(14)9-13(15)11(7-3)8-4;/h7-11,14-16H,12-13H2,1-6H3;9-11,14H,5-8H2,1-4H3;/q-1;;/b;12-9-;. The molecule has 2 heterocycles. The second kappa shape index (κ2) is 15.6. The number of aryl methyl sites for hydroxylation is 2. The molecule has 1 radical (unpaired) electrons. The summed E-state index contributed by atoms with van der Waals surface area (Å²) in [5.41, 5.74) is 8.30. The molecule has 49 heavy (non-hydrogen) atoms. The summed E-state index contributed by atoms with van der Waals surface area (Å²) in [6.45, 7) is 22.2. The van der Waals surface area contributed by atoms with E-state index in [0.717, 1.165) is 42.3 Å². The van der Waals surface area contributed by atoms with Crippen LogP contribution in [0.25, 0.3) is 42.2 Å². The maximum absolute atomic E-state index is 11.7. The van der Waals surface area contributed by atoms with Crippen LogP contribution in [0, 0.1) is 31.7 Å². The topological polar surface area (TPSA) is 50.2 Å². The van der Waals surface area contributed by atoms with Gasteiger partial charge in [0.05, 0.1) is 5.76 Å². The molecule has 0 bridgehead atoms. The Kier molecular flexibility index (Phi) is 12.4. The van der Waals surface area contributed by atoms with Gasteiger partial charge in [-0.2, -0.15) is 0 Å². The summed E-state index contributed by atoms with van der Waals surface area (Å²) >= 11 is 1.94. The Hall–Kier alpha value is -2.85. The number of hydrogen-bond acceptors (Lipinski definition) is 4. The first-order valence-electron chi connectivity index (χ1n) is 18.0. The number of rotatable bonds is 8. The molecule has 1 aliphatic rings. The quantitative estimate of drug-likeness (QED) is 0.0961. The number of aliphatic hydroxyl groups excluding tert-OH is 1. The monoisotopic (exact) mass is 853 g/mol. The fraction of sp³-hybridized carbons (Fsp3) is 0.455. The Labute approximate surface area is 312 Å². The Morgan fingerprint density at radius 1 is 0.878 bits per heavy atom. The second-order valence-corrected chi connectivity index (χ2v) is 16.2. The number of carbonyl (C=O) groups is 1. The maximum atomic E-state index is 11.7. The van der Waals surface area contributed by atoms with Crippen LogP contribution in [0.2, 0.25) is 0 Å². The molecule has 0 unspecified atom stereocenters. The first-order valence-corrected chi connectivity index (χ1v) is 18.8. The number of benzene rings is 3. The van der Waals surface area contributed by atoms with Crippen molar-refractivity contribution >= 4 is 48.1 Å². The molecule has 0 fully saturated rings. The number of carbonyl (C=O) groups excluding carboxylic acids is 1.